The fourth-order valence-electron chi connectivity index (χ4n) is 3.21. The lowest BCUT2D eigenvalue weighted by Gasteiger charge is -2.41. The van der Waals surface area contributed by atoms with Gasteiger partial charge in [0.15, 0.2) is 0 Å². The number of carboxylic acid groups (broad SMARTS) is 1. The van der Waals surface area contributed by atoms with Gasteiger partial charge in [0.25, 0.3) is 0 Å². The van der Waals surface area contributed by atoms with Crippen LogP contribution in [0, 0.1) is 11.3 Å². The van der Waals surface area contributed by atoms with Crippen LogP contribution in [0.1, 0.15) is 32.1 Å². The molecule has 102 valence electrons. The number of aliphatic carboxylic acids is 1. The van der Waals surface area contributed by atoms with E-state index in [1.807, 2.05) is 12.1 Å². The molecule has 0 unspecified atom stereocenters. The molecular weight excluding hydrogens is 240 g/mol. The van der Waals surface area contributed by atoms with Crippen LogP contribution in [-0.4, -0.2) is 29.1 Å². The van der Waals surface area contributed by atoms with Gasteiger partial charge in [0.2, 0.25) is 0 Å². The van der Waals surface area contributed by atoms with Gasteiger partial charge in [-0.2, -0.15) is 0 Å². The predicted octanol–water partition coefficient (Wildman–Crippen LogP) is 2.55. The first kappa shape index (κ1) is 12.5. The van der Waals surface area contributed by atoms with Crippen molar-refractivity contribution < 1.29 is 9.90 Å². The Morgan fingerprint density at radius 1 is 1.42 bits per heavy atom. The Kier molecular flexibility index (Phi) is 3.17. The van der Waals surface area contributed by atoms with Gasteiger partial charge in [-0.1, -0.05) is 12.8 Å². The SMILES string of the molecule is O=C(O)[C@@]1(CC2CC2)CCCN(c2ccncc2)C1. The molecular formula is C15H20N2O2. The van der Waals surface area contributed by atoms with Gasteiger partial charge in [-0.3, -0.25) is 9.78 Å². The van der Waals surface area contributed by atoms with Crippen molar-refractivity contribution in [1.29, 1.82) is 0 Å². The molecule has 0 spiro atoms. The zero-order chi connectivity index (χ0) is 13.3. The van der Waals surface area contributed by atoms with Gasteiger partial charge < -0.3 is 10.0 Å². The second-order valence-electron chi connectivity index (χ2n) is 5.96. The summed E-state index contributed by atoms with van der Waals surface area (Å²) in [6.45, 7) is 1.59. The van der Waals surface area contributed by atoms with E-state index in [1.54, 1.807) is 12.4 Å². The highest BCUT2D eigenvalue weighted by molar-refractivity contribution is 5.76. The second-order valence-corrected chi connectivity index (χ2v) is 5.96. The molecule has 0 radical (unpaired) electrons. The van der Waals surface area contributed by atoms with Crippen LogP contribution in [0.3, 0.4) is 0 Å². The molecule has 1 aromatic heterocycles. The van der Waals surface area contributed by atoms with E-state index in [9.17, 15) is 9.90 Å². The second kappa shape index (κ2) is 4.83. The number of carbonyl (C=O) groups is 1. The average Bonchev–Trinajstić information content (AvgIpc) is 3.24. The number of hydrogen-bond donors (Lipinski definition) is 1. The van der Waals surface area contributed by atoms with E-state index in [2.05, 4.69) is 9.88 Å². The molecule has 19 heavy (non-hydrogen) atoms. The van der Waals surface area contributed by atoms with Crippen LogP contribution in [0.2, 0.25) is 0 Å². The number of hydrogen-bond acceptors (Lipinski definition) is 3. The van der Waals surface area contributed by atoms with E-state index in [1.165, 1.54) is 12.8 Å². The van der Waals surface area contributed by atoms with Crippen LogP contribution >= 0.6 is 0 Å². The molecule has 0 bridgehead atoms. The van der Waals surface area contributed by atoms with Crippen LogP contribution in [0.5, 0.6) is 0 Å². The minimum atomic E-state index is -0.613. The Labute approximate surface area is 113 Å². The summed E-state index contributed by atoms with van der Waals surface area (Å²) >= 11 is 0. The zero-order valence-corrected chi connectivity index (χ0v) is 11.1. The van der Waals surface area contributed by atoms with Gasteiger partial charge in [0.05, 0.1) is 5.41 Å². The van der Waals surface area contributed by atoms with Crippen LogP contribution in [0.15, 0.2) is 24.5 Å². The summed E-state index contributed by atoms with van der Waals surface area (Å²) < 4.78 is 0. The van der Waals surface area contributed by atoms with Crippen molar-refractivity contribution in [3.63, 3.8) is 0 Å². The lowest BCUT2D eigenvalue weighted by molar-refractivity contribution is -0.150. The maximum absolute atomic E-state index is 11.8. The van der Waals surface area contributed by atoms with Gasteiger partial charge in [0, 0.05) is 31.2 Å². The summed E-state index contributed by atoms with van der Waals surface area (Å²) in [4.78, 5) is 18.0. The third kappa shape index (κ3) is 2.57. The summed E-state index contributed by atoms with van der Waals surface area (Å²) in [6, 6.07) is 3.93. The van der Waals surface area contributed by atoms with Crippen molar-refractivity contribution >= 4 is 11.7 Å². The van der Waals surface area contributed by atoms with Crippen molar-refractivity contribution in [2.24, 2.45) is 11.3 Å². The summed E-state index contributed by atoms with van der Waals surface area (Å²) in [5, 5.41) is 9.69. The van der Waals surface area contributed by atoms with Crippen LogP contribution in [0.4, 0.5) is 5.69 Å². The number of rotatable bonds is 4. The molecule has 2 aliphatic rings. The normalized spacial score (nSPS) is 27.3. The quantitative estimate of drug-likeness (QED) is 0.904. The predicted molar refractivity (Wildman–Crippen MR) is 73.1 cm³/mol. The first-order valence-electron chi connectivity index (χ1n) is 7.08. The Morgan fingerprint density at radius 3 is 2.79 bits per heavy atom. The number of pyridine rings is 1. The lowest BCUT2D eigenvalue weighted by Crippen LogP contribution is -2.48. The molecule has 3 rings (SSSR count). The fraction of sp³-hybridized carbons (Fsp3) is 0.600. The van der Waals surface area contributed by atoms with E-state index in [0.29, 0.717) is 12.5 Å². The monoisotopic (exact) mass is 260 g/mol. The van der Waals surface area contributed by atoms with E-state index in [-0.39, 0.29) is 0 Å². The number of anilines is 1. The average molecular weight is 260 g/mol. The molecule has 1 atom stereocenters. The smallest absolute Gasteiger partial charge is 0.311 e. The first-order chi connectivity index (χ1) is 9.20. The topological polar surface area (TPSA) is 53.4 Å². The van der Waals surface area contributed by atoms with E-state index < -0.39 is 11.4 Å². The maximum atomic E-state index is 11.8. The van der Waals surface area contributed by atoms with Crippen molar-refractivity contribution in [3.8, 4) is 0 Å². The Balaban J connectivity index is 1.80. The van der Waals surface area contributed by atoms with Gasteiger partial charge in [-0.25, -0.2) is 0 Å². The van der Waals surface area contributed by atoms with Gasteiger partial charge in [-0.05, 0) is 37.3 Å². The lowest BCUT2D eigenvalue weighted by atomic mass is 9.75. The number of aromatic nitrogens is 1. The molecule has 1 saturated heterocycles. The van der Waals surface area contributed by atoms with Crippen molar-refractivity contribution in [2.75, 3.05) is 18.0 Å². The number of piperidine rings is 1. The van der Waals surface area contributed by atoms with Gasteiger partial charge in [-0.15, -0.1) is 0 Å². The highest BCUT2D eigenvalue weighted by atomic mass is 16.4. The van der Waals surface area contributed by atoms with Gasteiger partial charge in [0.1, 0.15) is 0 Å². The molecule has 1 saturated carbocycles. The van der Waals surface area contributed by atoms with Gasteiger partial charge >= 0.3 is 5.97 Å². The van der Waals surface area contributed by atoms with E-state index in [4.69, 9.17) is 0 Å². The van der Waals surface area contributed by atoms with Crippen molar-refractivity contribution in [2.45, 2.75) is 32.1 Å². The molecule has 2 heterocycles. The molecule has 1 N–H and O–H groups in total. The largest absolute Gasteiger partial charge is 0.481 e. The molecule has 4 heteroatoms. The molecule has 2 fully saturated rings. The molecule has 1 aliphatic carbocycles. The third-order valence-electron chi connectivity index (χ3n) is 4.43. The first-order valence-corrected chi connectivity index (χ1v) is 7.08. The minimum absolute atomic E-state index is 0.539. The van der Waals surface area contributed by atoms with Crippen LogP contribution < -0.4 is 4.90 Å². The highest BCUT2D eigenvalue weighted by Gasteiger charge is 2.45. The Hall–Kier alpha value is -1.58. The standard InChI is InChI=1S/C15H20N2O2/c18-14(19)15(10-12-2-3-12)6-1-9-17(11-15)13-4-7-16-8-5-13/h4-5,7-8,12H,1-3,6,9-11H2,(H,18,19)/t15-/m1/s1. The molecule has 0 aromatic carbocycles. The summed E-state index contributed by atoms with van der Waals surface area (Å²) in [5.41, 5.74) is 0.555. The third-order valence-corrected chi connectivity index (χ3v) is 4.43. The van der Waals surface area contributed by atoms with Crippen LogP contribution in [-0.2, 0) is 4.79 Å². The summed E-state index contributed by atoms with van der Waals surface area (Å²) in [5.74, 6) is 0.0339. The Morgan fingerprint density at radius 2 is 2.16 bits per heavy atom. The van der Waals surface area contributed by atoms with E-state index in [0.717, 1.165) is 31.5 Å². The summed E-state index contributed by atoms with van der Waals surface area (Å²) in [6.07, 6.45) is 8.60. The van der Waals surface area contributed by atoms with Crippen LogP contribution in [0.25, 0.3) is 0 Å². The number of nitrogens with zero attached hydrogens (tertiary/aromatic N) is 2. The minimum Gasteiger partial charge on any atom is -0.481 e. The van der Waals surface area contributed by atoms with Crippen molar-refractivity contribution in [3.05, 3.63) is 24.5 Å². The fourth-order valence-corrected chi connectivity index (χ4v) is 3.21. The molecule has 4 nitrogen and oxygen atoms in total. The summed E-state index contributed by atoms with van der Waals surface area (Å²) in [7, 11) is 0. The number of carboxylic acids is 1. The maximum Gasteiger partial charge on any atom is 0.311 e. The molecule has 0 amide bonds. The van der Waals surface area contributed by atoms with Crippen molar-refractivity contribution in [1.82, 2.24) is 4.98 Å². The zero-order valence-electron chi connectivity index (χ0n) is 11.1. The molecule has 1 aliphatic heterocycles. The molecule has 1 aromatic rings. The highest BCUT2D eigenvalue weighted by Crippen LogP contribution is 2.45. The Bertz CT molecular complexity index is 458. The van der Waals surface area contributed by atoms with E-state index >= 15 is 0 Å².